The Kier molecular flexibility index (Phi) is 1.21. The molecular weight excluding hydrogens is 135 g/mol. The van der Waals surface area contributed by atoms with Crippen LogP contribution in [0.25, 0.3) is 0 Å². The number of rotatable bonds is 0. The number of aromatic nitrogens is 2. The summed E-state index contributed by atoms with van der Waals surface area (Å²) in [6, 6.07) is 0. The fourth-order valence-corrected chi connectivity index (χ4v) is 0.562. The van der Waals surface area contributed by atoms with Crippen LogP contribution in [0.5, 0.6) is 0 Å². The first-order valence-corrected chi connectivity index (χ1v) is 2.29. The Balaban J connectivity index is 3.04. The van der Waals surface area contributed by atoms with Crippen molar-refractivity contribution in [1.82, 2.24) is 9.30 Å². The van der Waals surface area contributed by atoms with E-state index in [1.165, 1.54) is 6.20 Å². The SMILES string of the molecule is Clc1[c]nn(Cl)c1. The zero-order valence-corrected chi connectivity index (χ0v) is 4.74. The van der Waals surface area contributed by atoms with E-state index in [0.717, 1.165) is 4.20 Å². The molecule has 0 unspecified atom stereocenters. The van der Waals surface area contributed by atoms with Gasteiger partial charge in [-0.3, -0.25) is 0 Å². The van der Waals surface area contributed by atoms with E-state index in [9.17, 15) is 0 Å². The number of halogens is 2. The van der Waals surface area contributed by atoms with Crippen molar-refractivity contribution in [2.75, 3.05) is 0 Å². The van der Waals surface area contributed by atoms with Gasteiger partial charge in [0.05, 0.1) is 11.2 Å². The molecule has 0 bridgehead atoms. The van der Waals surface area contributed by atoms with Gasteiger partial charge in [-0.15, -0.1) is 0 Å². The van der Waals surface area contributed by atoms with Gasteiger partial charge >= 0.3 is 0 Å². The summed E-state index contributed by atoms with van der Waals surface area (Å²) in [5.74, 6) is 0. The molecule has 1 radical (unpaired) electrons. The van der Waals surface area contributed by atoms with Gasteiger partial charge in [0.1, 0.15) is 6.20 Å². The minimum Gasteiger partial charge on any atom is -0.178 e. The van der Waals surface area contributed by atoms with Crippen molar-refractivity contribution in [2.24, 2.45) is 0 Å². The van der Waals surface area contributed by atoms with E-state index < -0.39 is 0 Å². The van der Waals surface area contributed by atoms with Crippen molar-refractivity contribution < 1.29 is 0 Å². The first kappa shape index (κ1) is 4.94. The lowest BCUT2D eigenvalue weighted by molar-refractivity contribution is 0.989. The third-order valence-electron chi connectivity index (χ3n) is 0.472. The molecule has 0 saturated heterocycles. The molecule has 0 fully saturated rings. The minimum atomic E-state index is 0.426. The number of hydrogen-bond donors (Lipinski definition) is 0. The van der Waals surface area contributed by atoms with Gasteiger partial charge < -0.3 is 0 Å². The molecule has 0 spiro atoms. The van der Waals surface area contributed by atoms with Gasteiger partial charge in [0.15, 0.2) is 0 Å². The molecule has 0 aliphatic carbocycles. The lowest BCUT2D eigenvalue weighted by atomic mass is 10.8. The summed E-state index contributed by atoms with van der Waals surface area (Å²) in [4.78, 5) is 0. The predicted octanol–water partition coefficient (Wildman–Crippen LogP) is 1.34. The van der Waals surface area contributed by atoms with E-state index in [-0.39, 0.29) is 0 Å². The van der Waals surface area contributed by atoms with E-state index in [1.807, 2.05) is 0 Å². The van der Waals surface area contributed by atoms with Crippen molar-refractivity contribution in [3.05, 3.63) is 17.4 Å². The third kappa shape index (κ3) is 1.08. The lowest BCUT2D eigenvalue weighted by Crippen LogP contribution is -1.73. The average Bonchev–Trinajstić information content (AvgIpc) is 1.87. The number of nitrogens with zero attached hydrogens (tertiary/aromatic N) is 2. The van der Waals surface area contributed by atoms with Crippen LogP contribution < -0.4 is 0 Å². The highest BCUT2D eigenvalue weighted by atomic mass is 35.5. The Labute approximate surface area is 50.8 Å². The summed E-state index contributed by atoms with van der Waals surface area (Å²) < 4.78 is 1.07. The summed E-state index contributed by atoms with van der Waals surface area (Å²) >= 11 is 10.6. The van der Waals surface area contributed by atoms with Crippen LogP contribution in [0.1, 0.15) is 0 Å². The average molecular weight is 136 g/mol. The Morgan fingerprint density at radius 1 is 1.86 bits per heavy atom. The van der Waals surface area contributed by atoms with Gasteiger partial charge in [0, 0.05) is 11.8 Å². The van der Waals surface area contributed by atoms with Crippen molar-refractivity contribution in [3.63, 3.8) is 0 Å². The van der Waals surface area contributed by atoms with Crippen LogP contribution in [0.2, 0.25) is 5.02 Å². The largest absolute Gasteiger partial charge is 0.178 e. The smallest absolute Gasteiger partial charge is 0.134 e. The second-order valence-corrected chi connectivity index (χ2v) is 1.73. The van der Waals surface area contributed by atoms with E-state index in [2.05, 4.69) is 11.3 Å². The maximum atomic E-state index is 5.34. The van der Waals surface area contributed by atoms with Crippen LogP contribution in [-0.4, -0.2) is 9.30 Å². The fourth-order valence-electron chi connectivity index (χ4n) is 0.247. The molecule has 1 heterocycles. The standard InChI is InChI=1S/C3HCl2N2/c4-3-1-6-7(5)2-3/h2H. The molecule has 0 aromatic carbocycles. The zero-order valence-electron chi connectivity index (χ0n) is 3.23. The molecule has 1 aromatic rings. The van der Waals surface area contributed by atoms with Crippen LogP contribution in [-0.2, 0) is 0 Å². The quantitative estimate of drug-likeness (QED) is 0.526. The molecule has 2 nitrogen and oxygen atoms in total. The maximum Gasteiger partial charge on any atom is 0.134 e. The van der Waals surface area contributed by atoms with Gasteiger partial charge in [0.25, 0.3) is 0 Å². The summed E-state index contributed by atoms with van der Waals surface area (Å²) in [6.07, 6.45) is 3.86. The second kappa shape index (κ2) is 1.72. The minimum absolute atomic E-state index is 0.426. The number of hydrogen-bond acceptors (Lipinski definition) is 1. The highest BCUT2D eigenvalue weighted by Gasteiger charge is 1.88. The highest BCUT2D eigenvalue weighted by Crippen LogP contribution is 2.03. The fraction of sp³-hybridized carbons (Fsp3) is 0. The molecule has 0 saturated carbocycles. The predicted molar refractivity (Wildman–Crippen MR) is 27.3 cm³/mol. The second-order valence-electron chi connectivity index (χ2n) is 0.977. The van der Waals surface area contributed by atoms with Crippen molar-refractivity contribution in [1.29, 1.82) is 0 Å². The lowest BCUT2D eigenvalue weighted by Gasteiger charge is -1.72. The molecule has 4 heteroatoms. The van der Waals surface area contributed by atoms with E-state index >= 15 is 0 Å². The topological polar surface area (TPSA) is 17.8 Å². The Bertz CT molecular complexity index is 143. The van der Waals surface area contributed by atoms with Gasteiger partial charge in [-0.2, -0.15) is 9.30 Å². The van der Waals surface area contributed by atoms with Crippen molar-refractivity contribution >= 4 is 23.4 Å². The van der Waals surface area contributed by atoms with Gasteiger partial charge in [0.2, 0.25) is 0 Å². The third-order valence-corrected chi connectivity index (χ3v) is 0.828. The summed E-state index contributed by atoms with van der Waals surface area (Å²) in [7, 11) is 0. The van der Waals surface area contributed by atoms with Crippen LogP contribution in [0.4, 0.5) is 0 Å². The van der Waals surface area contributed by atoms with Crippen LogP contribution in [0, 0.1) is 6.20 Å². The Morgan fingerprint density at radius 3 is 2.71 bits per heavy atom. The normalized spacial score (nSPS) is 9.43. The van der Waals surface area contributed by atoms with Crippen LogP contribution >= 0.6 is 23.4 Å². The Hall–Kier alpha value is -0.210. The van der Waals surface area contributed by atoms with E-state index in [0.29, 0.717) is 5.02 Å². The van der Waals surface area contributed by atoms with Crippen molar-refractivity contribution in [3.8, 4) is 0 Å². The molecule has 0 aliphatic rings. The molecule has 1 rings (SSSR count). The van der Waals surface area contributed by atoms with E-state index in [4.69, 9.17) is 23.4 Å². The molecular formula is C3HCl2N2. The summed E-state index contributed by atoms with van der Waals surface area (Å²) in [6.45, 7) is 0. The highest BCUT2D eigenvalue weighted by molar-refractivity contribution is 6.30. The monoisotopic (exact) mass is 135 g/mol. The molecule has 1 aromatic heterocycles. The molecule has 0 amide bonds. The molecule has 0 atom stereocenters. The van der Waals surface area contributed by atoms with Crippen LogP contribution in [0.15, 0.2) is 6.20 Å². The molecule has 7 heavy (non-hydrogen) atoms. The molecule has 0 aliphatic heterocycles. The molecule has 37 valence electrons. The van der Waals surface area contributed by atoms with Gasteiger partial charge in [-0.25, -0.2) is 0 Å². The summed E-state index contributed by atoms with van der Waals surface area (Å²) in [5, 5.41) is 3.87. The first-order valence-electron chi connectivity index (χ1n) is 1.58. The summed E-state index contributed by atoms with van der Waals surface area (Å²) in [5.41, 5.74) is 0. The van der Waals surface area contributed by atoms with Crippen LogP contribution in [0.3, 0.4) is 0 Å². The van der Waals surface area contributed by atoms with Gasteiger partial charge in [-0.1, -0.05) is 11.6 Å². The van der Waals surface area contributed by atoms with Gasteiger partial charge in [-0.05, 0) is 0 Å². The van der Waals surface area contributed by atoms with Crippen molar-refractivity contribution in [2.45, 2.75) is 0 Å². The maximum absolute atomic E-state index is 5.34. The molecule has 0 N–H and O–H groups in total. The van der Waals surface area contributed by atoms with E-state index in [1.54, 1.807) is 0 Å². The Morgan fingerprint density at radius 2 is 2.57 bits per heavy atom. The zero-order chi connectivity index (χ0) is 5.28. The first-order chi connectivity index (χ1) is 3.29.